The summed E-state index contributed by atoms with van der Waals surface area (Å²) < 4.78 is 10.8. The van der Waals surface area contributed by atoms with E-state index in [0.29, 0.717) is 0 Å². The maximum Gasteiger partial charge on any atom is 0.127 e. The second kappa shape index (κ2) is 4.91. The summed E-state index contributed by atoms with van der Waals surface area (Å²) in [6, 6.07) is 14.1. The maximum absolute atomic E-state index is 5.42. The average molecular weight is 228 g/mol. The first-order valence-electron chi connectivity index (χ1n) is 5.55. The smallest absolute Gasteiger partial charge is 0.127 e. The van der Waals surface area contributed by atoms with Gasteiger partial charge in [0, 0.05) is 11.1 Å². The molecule has 0 saturated carbocycles. The van der Waals surface area contributed by atoms with Crippen molar-refractivity contribution in [1.82, 2.24) is 0 Å². The summed E-state index contributed by atoms with van der Waals surface area (Å²) >= 11 is 0. The molecule has 2 rings (SSSR count). The molecule has 2 heteroatoms. The Morgan fingerprint density at radius 3 is 1.94 bits per heavy atom. The summed E-state index contributed by atoms with van der Waals surface area (Å²) in [6.07, 6.45) is 0. The Hall–Kier alpha value is -1.96. The molecular weight excluding hydrogens is 212 g/mol. The molecule has 0 aliphatic heterocycles. The van der Waals surface area contributed by atoms with Gasteiger partial charge in [0.1, 0.15) is 11.5 Å². The Morgan fingerprint density at radius 2 is 1.35 bits per heavy atom. The van der Waals surface area contributed by atoms with Crippen LogP contribution in [0.5, 0.6) is 11.5 Å². The number of hydrogen-bond acceptors (Lipinski definition) is 2. The third-order valence-corrected chi connectivity index (χ3v) is 2.88. The molecule has 2 aromatic carbocycles. The van der Waals surface area contributed by atoms with Crippen molar-refractivity contribution in [2.45, 2.75) is 6.92 Å². The molecule has 2 aromatic rings. The van der Waals surface area contributed by atoms with Gasteiger partial charge in [0.2, 0.25) is 0 Å². The van der Waals surface area contributed by atoms with Gasteiger partial charge in [-0.05, 0) is 24.6 Å². The standard InChI is InChI=1S/C15H16O2/c1-11-13(16-2)9-10-14(17-3)15(11)12-7-5-4-6-8-12/h4-10H,1-3H3. The number of benzene rings is 2. The van der Waals surface area contributed by atoms with Crippen LogP contribution in [0.4, 0.5) is 0 Å². The van der Waals surface area contributed by atoms with E-state index >= 15 is 0 Å². The SMILES string of the molecule is COc1ccc(OC)c(-c2ccccc2)c1C. The molecular formula is C15H16O2. The van der Waals surface area contributed by atoms with Crippen LogP contribution >= 0.6 is 0 Å². The number of hydrogen-bond donors (Lipinski definition) is 0. The minimum absolute atomic E-state index is 0.870. The van der Waals surface area contributed by atoms with E-state index in [2.05, 4.69) is 12.1 Å². The molecule has 2 nitrogen and oxygen atoms in total. The van der Waals surface area contributed by atoms with Gasteiger partial charge in [-0.3, -0.25) is 0 Å². The Labute approximate surface area is 102 Å². The lowest BCUT2D eigenvalue weighted by atomic mass is 9.99. The highest BCUT2D eigenvalue weighted by Gasteiger charge is 2.12. The average Bonchev–Trinajstić information content (AvgIpc) is 2.39. The fourth-order valence-corrected chi connectivity index (χ4v) is 2.02. The van der Waals surface area contributed by atoms with Crippen molar-refractivity contribution in [3.8, 4) is 22.6 Å². The van der Waals surface area contributed by atoms with E-state index in [1.807, 2.05) is 37.3 Å². The first-order valence-corrected chi connectivity index (χ1v) is 5.55. The van der Waals surface area contributed by atoms with Gasteiger partial charge < -0.3 is 9.47 Å². The molecule has 17 heavy (non-hydrogen) atoms. The number of rotatable bonds is 3. The fourth-order valence-electron chi connectivity index (χ4n) is 2.02. The summed E-state index contributed by atoms with van der Waals surface area (Å²) in [5.41, 5.74) is 3.33. The van der Waals surface area contributed by atoms with Crippen molar-refractivity contribution in [1.29, 1.82) is 0 Å². The Balaban J connectivity index is 2.66. The van der Waals surface area contributed by atoms with E-state index in [4.69, 9.17) is 9.47 Å². The van der Waals surface area contributed by atoms with Crippen LogP contribution in [0.3, 0.4) is 0 Å². The van der Waals surface area contributed by atoms with E-state index < -0.39 is 0 Å². The highest BCUT2D eigenvalue weighted by atomic mass is 16.5. The highest BCUT2D eigenvalue weighted by Crippen LogP contribution is 2.37. The molecule has 0 fully saturated rings. The summed E-state index contributed by atoms with van der Waals surface area (Å²) in [6.45, 7) is 2.05. The normalized spacial score (nSPS) is 10.1. The lowest BCUT2D eigenvalue weighted by Gasteiger charge is -2.14. The second-order valence-corrected chi connectivity index (χ2v) is 3.84. The molecule has 88 valence electrons. The van der Waals surface area contributed by atoms with E-state index in [0.717, 1.165) is 28.2 Å². The molecule has 0 aromatic heterocycles. The van der Waals surface area contributed by atoms with Gasteiger partial charge in [-0.25, -0.2) is 0 Å². The second-order valence-electron chi connectivity index (χ2n) is 3.84. The molecule has 0 radical (unpaired) electrons. The van der Waals surface area contributed by atoms with Gasteiger partial charge in [-0.15, -0.1) is 0 Å². The molecule has 0 unspecified atom stereocenters. The summed E-state index contributed by atoms with van der Waals surface area (Å²) in [4.78, 5) is 0. The summed E-state index contributed by atoms with van der Waals surface area (Å²) in [5, 5.41) is 0. The van der Waals surface area contributed by atoms with Crippen LogP contribution < -0.4 is 9.47 Å². The fraction of sp³-hybridized carbons (Fsp3) is 0.200. The summed E-state index contributed by atoms with van der Waals surface area (Å²) in [7, 11) is 3.37. The van der Waals surface area contributed by atoms with Gasteiger partial charge in [0.25, 0.3) is 0 Å². The number of ether oxygens (including phenoxy) is 2. The maximum atomic E-state index is 5.42. The quantitative estimate of drug-likeness (QED) is 0.797. The van der Waals surface area contributed by atoms with Crippen LogP contribution in [0.15, 0.2) is 42.5 Å². The van der Waals surface area contributed by atoms with Crippen molar-refractivity contribution in [3.05, 3.63) is 48.0 Å². The van der Waals surface area contributed by atoms with E-state index in [9.17, 15) is 0 Å². The topological polar surface area (TPSA) is 18.5 Å². The molecule has 0 aliphatic carbocycles. The summed E-state index contributed by atoms with van der Waals surface area (Å²) in [5.74, 6) is 1.75. The van der Waals surface area contributed by atoms with Crippen molar-refractivity contribution in [3.63, 3.8) is 0 Å². The van der Waals surface area contributed by atoms with Crippen molar-refractivity contribution >= 4 is 0 Å². The van der Waals surface area contributed by atoms with E-state index in [1.54, 1.807) is 14.2 Å². The third kappa shape index (κ3) is 2.11. The van der Waals surface area contributed by atoms with E-state index in [-0.39, 0.29) is 0 Å². The largest absolute Gasteiger partial charge is 0.496 e. The van der Waals surface area contributed by atoms with Crippen LogP contribution in [-0.4, -0.2) is 14.2 Å². The lowest BCUT2D eigenvalue weighted by molar-refractivity contribution is 0.402. The zero-order valence-corrected chi connectivity index (χ0v) is 10.4. The zero-order chi connectivity index (χ0) is 12.3. The monoisotopic (exact) mass is 228 g/mol. The molecule has 0 N–H and O–H groups in total. The minimum Gasteiger partial charge on any atom is -0.496 e. The van der Waals surface area contributed by atoms with Crippen molar-refractivity contribution < 1.29 is 9.47 Å². The Morgan fingerprint density at radius 1 is 0.765 bits per heavy atom. The van der Waals surface area contributed by atoms with Gasteiger partial charge in [-0.2, -0.15) is 0 Å². The molecule has 0 amide bonds. The zero-order valence-electron chi connectivity index (χ0n) is 10.4. The molecule has 0 spiro atoms. The predicted molar refractivity (Wildman–Crippen MR) is 69.7 cm³/mol. The number of methoxy groups -OCH3 is 2. The predicted octanol–water partition coefficient (Wildman–Crippen LogP) is 3.68. The Bertz CT molecular complexity index is 504. The molecule has 0 aliphatic rings. The van der Waals surface area contributed by atoms with Crippen molar-refractivity contribution in [2.24, 2.45) is 0 Å². The van der Waals surface area contributed by atoms with Crippen LogP contribution in [0.25, 0.3) is 11.1 Å². The van der Waals surface area contributed by atoms with Crippen LogP contribution in [0, 0.1) is 6.92 Å². The lowest BCUT2D eigenvalue weighted by Crippen LogP contribution is -1.94. The first-order chi connectivity index (χ1) is 8.27. The van der Waals surface area contributed by atoms with Crippen molar-refractivity contribution in [2.75, 3.05) is 14.2 Å². The van der Waals surface area contributed by atoms with Gasteiger partial charge in [-0.1, -0.05) is 30.3 Å². The first kappa shape index (κ1) is 11.5. The third-order valence-electron chi connectivity index (χ3n) is 2.88. The van der Waals surface area contributed by atoms with Crippen LogP contribution in [-0.2, 0) is 0 Å². The molecule has 0 bridgehead atoms. The highest BCUT2D eigenvalue weighted by molar-refractivity contribution is 5.76. The van der Waals surface area contributed by atoms with E-state index in [1.165, 1.54) is 0 Å². The Kier molecular flexibility index (Phi) is 3.33. The molecule has 0 atom stereocenters. The molecule has 0 heterocycles. The molecule has 0 saturated heterocycles. The van der Waals surface area contributed by atoms with Crippen LogP contribution in [0.2, 0.25) is 0 Å². The van der Waals surface area contributed by atoms with Gasteiger partial charge in [0.05, 0.1) is 14.2 Å². The minimum atomic E-state index is 0.870. The van der Waals surface area contributed by atoms with Crippen LogP contribution in [0.1, 0.15) is 5.56 Å². The van der Waals surface area contributed by atoms with Gasteiger partial charge in [0.15, 0.2) is 0 Å². The van der Waals surface area contributed by atoms with Gasteiger partial charge >= 0.3 is 0 Å².